The van der Waals surface area contributed by atoms with Crippen LogP contribution in [-0.4, -0.2) is 41.5 Å². The first-order valence-corrected chi connectivity index (χ1v) is 11.7. The zero-order valence-electron chi connectivity index (χ0n) is 20.3. The van der Waals surface area contributed by atoms with Crippen LogP contribution >= 0.6 is 0 Å². The van der Waals surface area contributed by atoms with Crippen molar-refractivity contribution in [3.63, 3.8) is 0 Å². The molecule has 4 nitrogen and oxygen atoms in total. The predicted octanol–water partition coefficient (Wildman–Crippen LogP) is 7.14. The molecule has 0 saturated heterocycles. The molecule has 1 aliphatic heterocycles. The number of nitrogens with zero attached hydrogens (tertiary/aromatic N) is 1. The second kappa shape index (κ2) is 9.53. The van der Waals surface area contributed by atoms with E-state index in [1.807, 2.05) is 49.4 Å². The lowest BCUT2D eigenvalue weighted by atomic mass is 9.86. The van der Waals surface area contributed by atoms with Gasteiger partial charge in [0, 0.05) is 11.5 Å². The number of alkyl halides is 3. The van der Waals surface area contributed by atoms with Gasteiger partial charge in [-0.3, -0.25) is 4.90 Å². The molecule has 0 bridgehead atoms. The number of hydrogen-bond acceptors (Lipinski definition) is 3. The van der Waals surface area contributed by atoms with Crippen LogP contribution < -0.4 is 0 Å². The zero-order chi connectivity index (χ0) is 25.4. The lowest BCUT2D eigenvalue weighted by Gasteiger charge is -2.39. The first kappa shape index (κ1) is 25.0. The van der Waals surface area contributed by atoms with Gasteiger partial charge in [0.05, 0.1) is 24.8 Å². The Hall–Kier alpha value is -3.06. The Morgan fingerprint density at radius 2 is 1.74 bits per heavy atom. The molecule has 2 aliphatic rings. The minimum atomic E-state index is -4.50. The summed E-state index contributed by atoms with van der Waals surface area (Å²) in [6.45, 7) is 7.05. The normalized spacial score (nSPS) is 22.9. The van der Waals surface area contributed by atoms with E-state index >= 15 is 0 Å². The maximum atomic E-state index is 13.9. The molecule has 186 valence electrons. The number of carbonyl (C=O) groups is 1. The van der Waals surface area contributed by atoms with E-state index in [2.05, 4.69) is 0 Å². The maximum absolute atomic E-state index is 13.9. The zero-order valence-corrected chi connectivity index (χ0v) is 20.3. The molecule has 7 heteroatoms. The van der Waals surface area contributed by atoms with Gasteiger partial charge in [0.25, 0.3) is 0 Å². The Morgan fingerprint density at radius 3 is 2.46 bits per heavy atom. The van der Waals surface area contributed by atoms with Crippen molar-refractivity contribution < 1.29 is 27.4 Å². The SMILES string of the molecule is C[C@H](c1cccc2ccccc12)N(C[C@H]1C=C(C(F)(F)F)C2C=CC=CC2O1)C(=O)OC(C)(C)C. The van der Waals surface area contributed by atoms with Crippen molar-refractivity contribution in [3.05, 3.63) is 84.0 Å². The van der Waals surface area contributed by atoms with Gasteiger partial charge in [0.2, 0.25) is 0 Å². The van der Waals surface area contributed by atoms with Crippen LogP contribution in [0.15, 0.2) is 78.4 Å². The number of allylic oxidation sites excluding steroid dienone is 2. The highest BCUT2D eigenvalue weighted by molar-refractivity contribution is 5.86. The average Bonchev–Trinajstić information content (AvgIpc) is 2.79. The van der Waals surface area contributed by atoms with Crippen LogP contribution in [0.4, 0.5) is 18.0 Å². The lowest BCUT2D eigenvalue weighted by Crippen LogP contribution is -2.46. The van der Waals surface area contributed by atoms with E-state index in [1.54, 1.807) is 39.0 Å². The Labute approximate surface area is 203 Å². The number of rotatable bonds is 4. The number of halogens is 3. The van der Waals surface area contributed by atoms with Gasteiger partial charge in [0.1, 0.15) is 5.60 Å². The van der Waals surface area contributed by atoms with E-state index in [0.717, 1.165) is 22.4 Å². The van der Waals surface area contributed by atoms with Crippen molar-refractivity contribution >= 4 is 16.9 Å². The molecular weight excluding hydrogens is 455 g/mol. The molecule has 2 unspecified atom stereocenters. The maximum Gasteiger partial charge on any atom is 0.413 e. The summed E-state index contributed by atoms with van der Waals surface area (Å²) in [5.74, 6) is -0.901. The van der Waals surface area contributed by atoms with Crippen molar-refractivity contribution in [2.24, 2.45) is 5.92 Å². The highest BCUT2D eigenvalue weighted by Gasteiger charge is 2.45. The van der Waals surface area contributed by atoms with Gasteiger partial charge >= 0.3 is 12.3 Å². The van der Waals surface area contributed by atoms with E-state index < -0.39 is 47.6 Å². The molecule has 0 aromatic heterocycles. The molecule has 1 aliphatic carbocycles. The topological polar surface area (TPSA) is 38.8 Å². The van der Waals surface area contributed by atoms with Crippen LogP contribution in [0.2, 0.25) is 0 Å². The largest absolute Gasteiger partial charge is 0.444 e. The fraction of sp³-hybridized carbons (Fsp3) is 0.393. The first-order valence-electron chi connectivity index (χ1n) is 11.7. The molecule has 4 atom stereocenters. The van der Waals surface area contributed by atoms with Gasteiger partial charge in [-0.1, -0.05) is 66.8 Å². The highest BCUT2D eigenvalue weighted by atomic mass is 19.4. The predicted molar refractivity (Wildman–Crippen MR) is 130 cm³/mol. The Morgan fingerprint density at radius 1 is 1.06 bits per heavy atom. The molecule has 0 N–H and O–H groups in total. The number of ether oxygens (including phenoxy) is 2. The third-order valence-electron chi connectivity index (χ3n) is 6.21. The molecule has 4 rings (SSSR count). The van der Waals surface area contributed by atoms with Crippen molar-refractivity contribution in [3.8, 4) is 0 Å². The second-order valence-electron chi connectivity index (χ2n) is 9.93. The summed E-state index contributed by atoms with van der Waals surface area (Å²) in [5, 5.41) is 1.98. The summed E-state index contributed by atoms with van der Waals surface area (Å²) in [6, 6.07) is 13.1. The average molecular weight is 486 g/mol. The minimum absolute atomic E-state index is 0.0837. The van der Waals surface area contributed by atoms with Crippen LogP contribution in [0.5, 0.6) is 0 Å². The van der Waals surface area contributed by atoms with Gasteiger partial charge in [-0.25, -0.2) is 4.79 Å². The van der Waals surface area contributed by atoms with Crippen molar-refractivity contribution in [2.45, 2.75) is 57.7 Å². The monoisotopic (exact) mass is 485 g/mol. The van der Waals surface area contributed by atoms with E-state index in [-0.39, 0.29) is 6.54 Å². The molecule has 1 amide bonds. The van der Waals surface area contributed by atoms with E-state index in [0.29, 0.717) is 0 Å². The summed E-state index contributed by atoms with van der Waals surface area (Å²) in [6.07, 6.45) is 0.712. The summed E-state index contributed by atoms with van der Waals surface area (Å²) >= 11 is 0. The Bertz CT molecular complexity index is 1170. The summed E-state index contributed by atoms with van der Waals surface area (Å²) in [5.41, 5.74) is -0.541. The van der Waals surface area contributed by atoms with Crippen molar-refractivity contribution in [1.29, 1.82) is 0 Å². The van der Waals surface area contributed by atoms with E-state index in [4.69, 9.17) is 9.47 Å². The Kier molecular flexibility index (Phi) is 6.82. The van der Waals surface area contributed by atoms with Gasteiger partial charge in [-0.05, 0) is 50.1 Å². The first-order chi connectivity index (χ1) is 16.4. The molecule has 2 aromatic rings. The van der Waals surface area contributed by atoms with E-state index in [1.165, 1.54) is 11.0 Å². The molecule has 1 heterocycles. The number of carbonyl (C=O) groups excluding carboxylic acids is 1. The molecule has 0 fully saturated rings. The highest BCUT2D eigenvalue weighted by Crippen LogP contribution is 2.40. The standard InChI is InChI=1S/C28H30F3NO3/c1-18(21-14-9-11-19-10-5-6-12-22(19)21)32(26(33)35-27(2,3)4)17-20-16-24(28(29,30)31)23-13-7-8-15-25(23)34-20/h5-16,18,20,23,25H,17H2,1-4H3/t18-,20-,23?,25?/m1/s1. The lowest BCUT2D eigenvalue weighted by molar-refractivity contribution is -0.113. The van der Waals surface area contributed by atoms with Crippen LogP contribution in [0.1, 0.15) is 39.3 Å². The Balaban J connectivity index is 1.71. The number of fused-ring (bicyclic) bond motifs is 2. The van der Waals surface area contributed by atoms with Crippen molar-refractivity contribution in [2.75, 3.05) is 6.54 Å². The fourth-order valence-electron chi connectivity index (χ4n) is 4.62. The fourth-order valence-corrected chi connectivity index (χ4v) is 4.62. The van der Waals surface area contributed by atoms with E-state index in [9.17, 15) is 18.0 Å². The second-order valence-corrected chi connectivity index (χ2v) is 9.93. The van der Waals surface area contributed by atoms with Gasteiger partial charge in [-0.2, -0.15) is 13.2 Å². The van der Waals surface area contributed by atoms with Gasteiger partial charge in [-0.15, -0.1) is 0 Å². The number of hydrogen-bond donors (Lipinski definition) is 0. The summed E-state index contributed by atoms with van der Waals surface area (Å²) < 4.78 is 53.4. The molecule has 0 saturated carbocycles. The summed E-state index contributed by atoms with van der Waals surface area (Å²) in [4.78, 5) is 14.8. The number of amides is 1. The third-order valence-corrected chi connectivity index (χ3v) is 6.21. The molecule has 0 spiro atoms. The molecule has 0 radical (unpaired) electrons. The summed E-state index contributed by atoms with van der Waals surface area (Å²) in [7, 11) is 0. The van der Waals surface area contributed by atoms with Crippen LogP contribution in [0.3, 0.4) is 0 Å². The smallest absolute Gasteiger partial charge is 0.413 e. The van der Waals surface area contributed by atoms with Crippen LogP contribution in [0.25, 0.3) is 10.8 Å². The molecule has 35 heavy (non-hydrogen) atoms. The third kappa shape index (κ3) is 5.61. The van der Waals surface area contributed by atoms with Crippen LogP contribution in [-0.2, 0) is 9.47 Å². The van der Waals surface area contributed by atoms with Crippen molar-refractivity contribution in [1.82, 2.24) is 4.90 Å². The quantitative estimate of drug-likeness (QED) is 0.432. The number of benzene rings is 2. The molecule has 2 aromatic carbocycles. The van der Waals surface area contributed by atoms with Gasteiger partial charge in [0.15, 0.2) is 0 Å². The van der Waals surface area contributed by atoms with Crippen LogP contribution in [0, 0.1) is 5.92 Å². The molecular formula is C28H30F3NO3. The van der Waals surface area contributed by atoms with Gasteiger partial charge < -0.3 is 9.47 Å². The minimum Gasteiger partial charge on any atom is -0.444 e.